The van der Waals surface area contributed by atoms with Gasteiger partial charge >= 0.3 is 0 Å². The number of amides is 1. The van der Waals surface area contributed by atoms with Crippen molar-refractivity contribution in [1.29, 1.82) is 0 Å². The second-order valence-electron chi connectivity index (χ2n) is 5.87. The molecule has 2 aliphatic rings. The molecule has 108 valence electrons. The summed E-state index contributed by atoms with van der Waals surface area (Å²) in [7, 11) is 0. The zero-order valence-corrected chi connectivity index (χ0v) is 11.9. The minimum atomic E-state index is -0.370. The predicted octanol–water partition coefficient (Wildman–Crippen LogP) is 2.44. The lowest BCUT2D eigenvalue weighted by atomic mass is 10.1. The van der Waals surface area contributed by atoms with E-state index in [0.717, 1.165) is 39.0 Å². The molecule has 0 radical (unpaired) electrons. The zero-order chi connectivity index (χ0) is 14.1. The first-order valence-electron chi connectivity index (χ1n) is 7.45. The van der Waals surface area contributed by atoms with E-state index in [-0.39, 0.29) is 17.3 Å². The summed E-state index contributed by atoms with van der Waals surface area (Å²) in [6.45, 7) is 5.38. The van der Waals surface area contributed by atoms with Crippen LogP contribution in [-0.2, 0) is 0 Å². The number of carbonyl (C=O) groups is 1. The van der Waals surface area contributed by atoms with Gasteiger partial charge in [-0.3, -0.25) is 9.69 Å². The highest BCUT2D eigenvalue weighted by Crippen LogP contribution is 2.23. The Morgan fingerprint density at radius 1 is 1.25 bits per heavy atom. The summed E-state index contributed by atoms with van der Waals surface area (Å²) in [5.41, 5.74) is 0.754. The van der Waals surface area contributed by atoms with Gasteiger partial charge in [-0.15, -0.1) is 0 Å². The largest absolute Gasteiger partial charge is 0.337 e. The molecule has 1 atom stereocenters. The molecule has 0 aromatic heterocycles. The molecule has 3 rings (SSSR count). The number of benzene rings is 1. The maximum absolute atomic E-state index is 14.1. The smallest absolute Gasteiger partial charge is 0.256 e. The lowest BCUT2D eigenvalue weighted by Gasteiger charge is -2.26. The average Bonchev–Trinajstić information content (AvgIpc) is 2.78. The Kier molecular flexibility index (Phi) is 3.74. The van der Waals surface area contributed by atoms with Crippen LogP contribution in [0, 0.1) is 12.7 Å². The molecule has 2 heterocycles. The van der Waals surface area contributed by atoms with Crippen molar-refractivity contribution in [3.05, 3.63) is 35.1 Å². The van der Waals surface area contributed by atoms with Crippen LogP contribution in [0.5, 0.6) is 0 Å². The molecule has 1 unspecified atom stereocenters. The highest BCUT2D eigenvalue weighted by Gasteiger charge is 2.31. The molecular formula is C16H21FN2O. The van der Waals surface area contributed by atoms with Crippen molar-refractivity contribution in [3.63, 3.8) is 0 Å². The topological polar surface area (TPSA) is 23.6 Å². The first-order chi connectivity index (χ1) is 9.66. The summed E-state index contributed by atoms with van der Waals surface area (Å²) in [4.78, 5) is 16.9. The molecular weight excluding hydrogens is 255 g/mol. The number of carbonyl (C=O) groups excluding carboxylic acids is 1. The number of fused-ring (bicyclic) bond motifs is 1. The van der Waals surface area contributed by atoms with Gasteiger partial charge in [0.2, 0.25) is 0 Å². The molecule has 0 spiro atoms. The van der Waals surface area contributed by atoms with Crippen LogP contribution in [0.4, 0.5) is 4.39 Å². The van der Waals surface area contributed by atoms with E-state index in [1.807, 2.05) is 4.90 Å². The Morgan fingerprint density at radius 3 is 2.90 bits per heavy atom. The van der Waals surface area contributed by atoms with Gasteiger partial charge in [-0.05, 0) is 44.4 Å². The van der Waals surface area contributed by atoms with Gasteiger partial charge in [-0.2, -0.15) is 0 Å². The van der Waals surface area contributed by atoms with Crippen molar-refractivity contribution >= 4 is 5.91 Å². The highest BCUT2D eigenvalue weighted by molar-refractivity contribution is 5.94. The van der Waals surface area contributed by atoms with Crippen molar-refractivity contribution in [3.8, 4) is 0 Å². The third-order valence-corrected chi connectivity index (χ3v) is 4.51. The van der Waals surface area contributed by atoms with Crippen molar-refractivity contribution < 1.29 is 9.18 Å². The van der Waals surface area contributed by atoms with Crippen molar-refractivity contribution in [2.45, 2.75) is 32.2 Å². The molecule has 0 saturated carbocycles. The lowest BCUT2D eigenvalue weighted by Crippen LogP contribution is -2.40. The van der Waals surface area contributed by atoms with Crippen molar-refractivity contribution in [2.24, 2.45) is 0 Å². The Hall–Kier alpha value is -1.42. The van der Waals surface area contributed by atoms with Gasteiger partial charge in [-0.1, -0.05) is 12.1 Å². The summed E-state index contributed by atoms with van der Waals surface area (Å²) in [6.07, 6.45) is 3.35. The first-order valence-corrected chi connectivity index (χ1v) is 7.45. The molecule has 1 aromatic rings. The van der Waals surface area contributed by atoms with E-state index in [1.54, 1.807) is 25.1 Å². The second kappa shape index (κ2) is 5.52. The van der Waals surface area contributed by atoms with Gasteiger partial charge in [0.1, 0.15) is 5.82 Å². The Morgan fingerprint density at radius 2 is 2.05 bits per heavy atom. The van der Waals surface area contributed by atoms with Crippen LogP contribution in [0.25, 0.3) is 0 Å². The molecule has 0 aliphatic carbocycles. The monoisotopic (exact) mass is 276 g/mol. The van der Waals surface area contributed by atoms with Gasteiger partial charge < -0.3 is 4.90 Å². The molecule has 1 aromatic carbocycles. The Bertz CT molecular complexity index is 517. The summed E-state index contributed by atoms with van der Waals surface area (Å²) in [5, 5.41) is 0. The van der Waals surface area contributed by atoms with Crippen molar-refractivity contribution in [2.75, 3.05) is 26.2 Å². The molecule has 20 heavy (non-hydrogen) atoms. The van der Waals surface area contributed by atoms with E-state index in [2.05, 4.69) is 4.90 Å². The van der Waals surface area contributed by atoms with E-state index in [4.69, 9.17) is 0 Å². The second-order valence-corrected chi connectivity index (χ2v) is 5.87. The van der Waals surface area contributed by atoms with Crippen LogP contribution in [0.3, 0.4) is 0 Å². The van der Waals surface area contributed by atoms with Crippen LogP contribution in [-0.4, -0.2) is 47.9 Å². The van der Waals surface area contributed by atoms with Crippen LogP contribution >= 0.6 is 0 Å². The normalized spacial score (nSPS) is 23.5. The zero-order valence-electron chi connectivity index (χ0n) is 11.9. The van der Waals surface area contributed by atoms with Gasteiger partial charge in [-0.25, -0.2) is 4.39 Å². The maximum Gasteiger partial charge on any atom is 0.256 e. The Labute approximate surface area is 119 Å². The SMILES string of the molecule is Cc1cccc(C(=O)N2CCCN3CCCC3C2)c1F. The highest BCUT2D eigenvalue weighted by atomic mass is 19.1. The third kappa shape index (κ3) is 2.44. The van der Waals surface area contributed by atoms with Gasteiger partial charge in [0.05, 0.1) is 5.56 Å². The van der Waals surface area contributed by atoms with E-state index in [9.17, 15) is 9.18 Å². The minimum Gasteiger partial charge on any atom is -0.337 e. The molecule has 2 fully saturated rings. The average molecular weight is 276 g/mol. The number of halogens is 1. The summed E-state index contributed by atoms with van der Waals surface area (Å²) >= 11 is 0. The molecule has 4 heteroatoms. The third-order valence-electron chi connectivity index (χ3n) is 4.51. The van der Waals surface area contributed by atoms with Gasteiger partial charge in [0.15, 0.2) is 0 Å². The predicted molar refractivity (Wildman–Crippen MR) is 76.3 cm³/mol. The molecule has 0 N–H and O–H groups in total. The van der Waals surface area contributed by atoms with Crippen LogP contribution in [0.15, 0.2) is 18.2 Å². The maximum atomic E-state index is 14.1. The fraction of sp³-hybridized carbons (Fsp3) is 0.562. The molecule has 2 saturated heterocycles. The summed E-state index contributed by atoms with van der Waals surface area (Å²) < 4.78 is 14.1. The van der Waals surface area contributed by atoms with Crippen molar-refractivity contribution in [1.82, 2.24) is 9.80 Å². The van der Waals surface area contributed by atoms with E-state index < -0.39 is 0 Å². The lowest BCUT2D eigenvalue weighted by molar-refractivity contribution is 0.0738. The molecule has 3 nitrogen and oxygen atoms in total. The number of hydrogen-bond donors (Lipinski definition) is 0. The van der Waals surface area contributed by atoms with Gasteiger partial charge in [0.25, 0.3) is 5.91 Å². The number of aryl methyl sites for hydroxylation is 1. The molecule has 0 bridgehead atoms. The fourth-order valence-corrected chi connectivity index (χ4v) is 3.37. The van der Waals surface area contributed by atoms with Crippen LogP contribution in [0.2, 0.25) is 0 Å². The first kappa shape index (κ1) is 13.6. The number of hydrogen-bond acceptors (Lipinski definition) is 2. The minimum absolute atomic E-state index is 0.153. The van der Waals surface area contributed by atoms with E-state index >= 15 is 0 Å². The van der Waals surface area contributed by atoms with E-state index in [1.165, 1.54) is 6.42 Å². The molecule has 2 aliphatic heterocycles. The van der Waals surface area contributed by atoms with E-state index in [0.29, 0.717) is 11.6 Å². The van der Waals surface area contributed by atoms with Gasteiger partial charge in [0, 0.05) is 25.7 Å². The number of nitrogens with zero attached hydrogens (tertiary/aromatic N) is 2. The summed E-state index contributed by atoms with van der Waals surface area (Å²) in [5.74, 6) is -0.523. The fourth-order valence-electron chi connectivity index (χ4n) is 3.37. The standard InChI is InChI=1S/C16H21FN2O/c1-12-5-2-7-14(15(12)17)16(20)19-10-4-9-18-8-3-6-13(18)11-19/h2,5,7,13H,3-4,6,8-11H2,1H3. The van der Waals surface area contributed by atoms with Crippen LogP contribution < -0.4 is 0 Å². The number of rotatable bonds is 1. The van der Waals surface area contributed by atoms with Crippen LogP contribution in [0.1, 0.15) is 35.2 Å². The Balaban J connectivity index is 1.81. The molecule has 1 amide bonds. The quantitative estimate of drug-likeness (QED) is 0.786. The summed E-state index contributed by atoms with van der Waals surface area (Å²) in [6, 6.07) is 5.52.